The highest BCUT2D eigenvalue weighted by Crippen LogP contribution is 2.66. The Hall–Kier alpha value is -3.20. The van der Waals surface area contributed by atoms with Crippen molar-refractivity contribution in [1.29, 1.82) is 0 Å². The maximum Gasteiger partial charge on any atom is 0.305 e. The molecule has 2 saturated carbocycles. The van der Waals surface area contributed by atoms with E-state index in [2.05, 4.69) is 12.7 Å². The van der Waals surface area contributed by atoms with E-state index in [-0.39, 0.29) is 24.5 Å². The average Bonchev–Trinajstić information content (AvgIpc) is 3.51. The molecule has 0 aliphatic heterocycles. The predicted octanol–water partition coefficient (Wildman–Crippen LogP) is 4.29. The molecule has 9 nitrogen and oxygen atoms in total. The second-order valence-corrected chi connectivity index (χ2v) is 12.4. The summed E-state index contributed by atoms with van der Waals surface area (Å²) in [6.07, 6.45) is 2.37. The fraction of sp³-hybridized carbons (Fsp3) is 0.613. The standard InChI is InChI=1S/C31H40O9/c1-16-20-9-10-21(19-11-12-38-15-19)30(20,6)28(40-18(3)33)27(39-17(2)32)26(16)31(7)22(13-25(36)37-8)29(4,5)23(34)14-24(31)35/h9,11-12,15,21-22,24,26-28,35H,1,10,13-14H2,2-8H3/t21-,22+,24+,26-,27-,28+,30-,31-/m1/s1. The molecule has 40 heavy (non-hydrogen) atoms. The van der Waals surface area contributed by atoms with Crippen LogP contribution in [-0.2, 0) is 33.4 Å². The van der Waals surface area contributed by atoms with E-state index in [1.54, 1.807) is 26.4 Å². The van der Waals surface area contributed by atoms with Crippen LogP contribution in [0.2, 0.25) is 0 Å². The number of fused-ring (bicyclic) bond motifs is 1. The SMILES string of the molecule is C=C1C2=CC[C@H](c3ccoc3)[C@]2(C)[C@@H](OC(C)=O)[C@H](OC(C)=O)[C@@H]1[C@@]1(C)[C@@H](O)CC(=O)C(C)(C)[C@@H]1CC(=O)OC. The highest BCUT2D eigenvalue weighted by Gasteiger charge is 2.68. The van der Waals surface area contributed by atoms with Crippen LogP contribution < -0.4 is 0 Å². The van der Waals surface area contributed by atoms with Gasteiger partial charge in [-0.05, 0) is 35.1 Å². The summed E-state index contributed by atoms with van der Waals surface area (Å²) in [5.74, 6) is -3.53. The molecule has 9 heteroatoms. The van der Waals surface area contributed by atoms with Gasteiger partial charge in [0.25, 0.3) is 0 Å². The van der Waals surface area contributed by atoms with Crippen molar-refractivity contribution >= 4 is 23.7 Å². The number of ether oxygens (including phenoxy) is 3. The van der Waals surface area contributed by atoms with Gasteiger partial charge in [0.1, 0.15) is 18.0 Å². The second kappa shape index (κ2) is 10.3. The number of allylic oxidation sites excluding steroid dienone is 1. The van der Waals surface area contributed by atoms with Crippen LogP contribution >= 0.6 is 0 Å². The summed E-state index contributed by atoms with van der Waals surface area (Å²) in [5, 5.41) is 11.7. The number of esters is 3. The molecular formula is C31H40O9. The van der Waals surface area contributed by atoms with Crippen molar-refractivity contribution < 1.29 is 42.9 Å². The van der Waals surface area contributed by atoms with Crippen LogP contribution in [0.3, 0.4) is 0 Å². The van der Waals surface area contributed by atoms with Crippen molar-refractivity contribution in [2.75, 3.05) is 7.11 Å². The molecule has 8 atom stereocenters. The number of hydrogen-bond acceptors (Lipinski definition) is 9. The molecular weight excluding hydrogens is 516 g/mol. The monoisotopic (exact) mass is 556 g/mol. The quantitative estimate of drug-likeness (QED) is 0.403. The summed E-state index contributed by atoms with van der Waals surface area (Å²) < 4.78 is 22.5. The molecule has 4 rings (SSSR count). The van der Waals surface area contributed by atoms with E-state index in [0.717, 1.165) is 11.1 Å². The number of Topliss-reactive ketones (excluding diaryl/α,β-unsaturated/α-hetero) is 1. The van der Waals surface area contributed by atoms with Crippen LogP contribution in [0.25, 0.3) is 0 Å². The molecule has 0 unspecified atom stereocenters. The van der Waals surface area contributed by atoms with Gasteiger partial charge >= 0.3 is 17.9 Å². The smallest absolute Gasteiger partial charge is 0.305 e. The Balaban J connectivity index is 1.96. The van der Waals surface area contributed by atoms with Crippen molar-refractivity contribution in [1.82, 2.24) is 0 Å². The van der Waals surface area contributed by atoms with Crippen LogP contribution in [0.15, 0.2) is 46.8 Å². The van der Waals surface area contributed by atoms with E-state index in [1.807, 2.05) is 19.9 Å². The summed E-state index contributed by atoms with van der Waals surface area (Å²) in [6.45, 7) is 14.4. The number of aliphatic hydroxyl groups excluding tert-OH is 1. The number of aliphatic hydroxyl groups is 1. The van der Waals surface area contributed by atoms with E-state index < -0.39 is 64.3 Å². The third-order valence-corrected chi connectivity index (χ3v) is 10.0. The molecule has 3 aliphatic rings. The van der Waals surface area contributed by atoms with Gasteiger partial charge in [-0.3, -0.25) is 19.2 Å². The third-order valence-electron chi connectivity index (χ3n) is 10.0. The summed E-state index contributed by atoms with van der Waals surface area (Å²) in [7, 11) is 1.27. The molecule has 0 amide bonds. The van der Waals surface area contributed by atoms with E-state index in [0.29, 0.717) is 12.0 Å². The lowest BCUT2D eigenvalue weighted by Gasteiger charge is -2.61. The fourth-order valence-electron chi connectivity index (χ4n) is 7.99. The Morgan fingerprint density at radius 2 is 1.77 bits per heavy atom. The molecule has 218 valence electrons. The minimum Gasteiger partial charge on any atom is -0.472 e. The number of carbonyl (C=O) groups is 4. The maximum absolute atomic E-state index is 13.2. The van der Waals surface area contributed by atoms with E-state index in [1.165, 1.54) is 21.0 Å². The summed E-state index contributed by atoms with van der Waals surface area (Å²) in [5.41, 5.74) is -0.718. The van der Waals surface area contributed by atoms with Crippen LogP contribution in [-0.4, -0.2) is 54.2 Å². The van der Waals surface area contributed by atoms with Gasteiger partial charge in [0.2, 0.25) is 0 Å². The van der Waals surface area contributed by atoms with Gasteiger partial charge in [-0.2, -0.15) is 0 Å². The van der Waals surface area contributed by atoms with Crippen molar-refractivity contribution in [2.45, 2.75) is 85.0 Å². The predicted molar refractivity (Wildman–Crippen MR) is 144 cm³/mol. The maximum atomic E-state index is 13.2. The molecule has 0 bridgehead atoms. The van der Waals surface area contributed by atoms with Gasteiger partial charge < -0.3 is 23.7 Å². The lowest BCUT2D eigenvalue weighted by Crippen LogP contribution is -2.66. The van der Waals surface area contributed by atoms with E-state index in [4.69, 9.17) is 18.6 Å². The average molecular weight is 557 g/mol. The van der Waals surface area contributed by atoms with E-state index in [9.17, 15) is 24.3 Å². The lowest BCUT2D eigenvalue weighted by molar-refractivity contribution is -0.207. The number of carbonyl (C=O) groups excluding carboxylic acids is 4. The molecule has 3 aliphatic carbocycles. The van der Waals surface area contributed by atoms with Gasteiger partial charge in [0.15, 0.2) is 0 Å². The minimum absolute atomic E-state index is 0.147. The zero-order valence-electron chi connectivity index (χ0n) is 24.3. The normalized spacial score (nSPS) is 36.9. The Bertz CT molecular complexity index is 1240. The first kappa shape index (κ1) is 29.8. The van der Waals surface area contributed by atoms with Gasteiger partial charge in [0.05, 0.1) is 25.7 Å². The Labute approximate surface area is 234 Å². The molecule has 0 saturated heterocycles. The third kappa shape index (κ3) is 4.42. The molecule has 0 spiro atoms. The molecule has 1 heterocycles. The van der Waals surface area contributed by atoms with Crippen LogP contribution in [0.4, 0.5) is 0 Å². The summed E-state index contributed by atoms with van der Waals surface area (Å²) in [6, 6.07) is 1.86. The fourth-order valence-corrected chi connectivity index (χ4v) is 7.99. The van der Waals surface area contributed by atoms with Crippen molar-refractivity contribution in [3.05, 3.63) is 48.0 Å². The van der Waals surface area contributed by atoms with Gasteiger partial charge in [-0.1, -0.05) is 40.3 Å². The molecule has 1 aromatic rings. The second-order valence-electron chi connectivity index (χ2n) is 12.4. The van der Waals surface area contributed by atoms with Gasteiger partial charge in [0, 0.05) is 54.8 Å². The Kier molecular flexibility index (Phi) is 7.69. The lowest BCUT2D eigenvalue weighted by atomic mass is 9.45. The molecule has 1 aromatic heterocycles. The highest BCUT2D eigenvalue weighted by molar-refractivity contribution is 5.87. The zero-order chi connectivity index (χ0) is 29.8. The Morgan fingerprint density at radius 3 is 2.33 bits per heavy atom. The molecule has 1 N–H and O–H groups in total. The summed E-state index contributed by atoms with van der Waals surface area (Å²) >= 11 is 0. The largest absolute Gasteiger partial charge is 0.472 e. The first-order chi connectivity index (χ1) is 18.6. The number of rotatable bonds is 6. The first-order valence-corrected chi connectivity index (χ1v) is 13.7. The van der Waals surface area contributed by atoms with E-state index >= 15 is 0 Å². The molecule has 2 fully saturated rings. The minimum atomic E-state index is -1.20. The van der Waals surface area contributed by atoms with Crippen LogP contribution in [0.5, 0.6) is 0 Å². The molecule has 0 aromatic carbocycles. The number of furan rings is 1. The number of methoxy groups -OCH3 is 1. The highest BCUT2D eigenvalue weighted by atomic mass is 16.6. The zero-order valence-corrected chi connectivity index (χ0v) is 24.3. The number of ketones is 1. The number of hydrogen-bond donors (Lipinski definition) is 1. The summed E-state index contributed by atoms with van der Waals surface area (Å²) in [4.78, 5) is 51.2. The first-order valence-electron chi connectivity index (χ1n) is 13.7. The van der Waals surface area contributed by atoms with Gasteiger partial charge in [-0.15, -0.1) is 0 Å². The topological polar surface area (TPSA) is 129 Å². The van der Waals surface area contributed by atoms with Crippen molar-refractivity contribution in [3.8, 4) is 0 Å². The molecule has 0 radical (unpaired) electrons. The van der Waals surface area contributed by atoms with Crippen molar-refractivity contribution in [3.63, 3.8) is 0 Å². The van der Waals surface area contributed by atoms with Crippen LogP contribution in [0, 0.1) is 28.1 Å². The van der Waals surface area contributed by atoms with Crippen molar-refractivity contribution in [2.24, 2.45) is 28.1 Å². The van der Waals surface area contributed by atoms with Gasteiger partial charge in [-0.25, -0.2) is 0 Å². The van der Waals surface area contributed by atoms with Crippen LogP contribution in [0.1, 0.15) is 72.3 Å². The Morgan fingerprint density at radius 1 is 1.12 bits per heavy atom.